The lowest BCUT2D eigenvalue weighted by Gasteiger charge is -2.31. The van der Waals surface area contributed by atoms with Crippen molar-refractivity contribution in [1.29, 1.82) is 0 Å². The predicted molar refractivity (Wildman–Crippen MR) is 79.3 cm³/mol. The molecule has 3 unspecified atom stereocenters. The van der Waals surface area contributed by atoms with Crippen molar-refractivity contribution in [2.45, 2.75) is 52.1 Å². The van der Waals surface area contributed by atoms with Crippen LogP contribution >= 0.6 is 0 Å². The van der Waals surface area contributed by atoms with Gasteiger partial charge in [-0.3, -0.25) is 0 Å². The first kappa shape index (κ1) is 17.1. The van der Waals surface area contributed by atoms with E-state index < -0.39 is 12.4 Å². The van der Waals surface area contributed by atoms with E-state index in [4.69, 9.17) is 14.6 Å². The summed E-state index contributed by atoms with van der Waals surface area (Å²) in [5, 5.41) is 18.7. The summed E-state index contributed by atoms with van der Waals surface area (Å²) in [6.45, 7) is 6.45. The Labute approximate surface area is 121 Å². The number of aliphatic hydroxyl groups is 2. The maximum Gasteiger partial charge on any atom is 0.160 e. The van der Waals surface area contributed by atoms with Gasteiger partial charge in [0.15, 0.2) is 6.29 Å². The van der Waals surface area contributed by atoms with Gasteiger partial charge in [-0.2, -0.15) is 0 Å². The van der Waals surface area contributed by atoms with E-state index in [1.54, 1.807) is 0 Å². The number of allylic oxidation sites excluding steroid dienone is 5. The van der Waals surface area contributed by atoms with E-state index in [-0.39, 0.29) is 12.7 Å². The molecule has 1 fully saturated rings. The van der Waals surface area contributed by atoms with Crippen LogP contribution in [-0.2, 0) is 9.47 Å². The highest BCUT2D eigenvalue weighted by molar-refractivity contribution is 5.21. The number of hydrogen-bond acceptors (Lipinski definition) is 4. The van der Waals surface area contributed by atoms with Crippen LogP contribution in [0.2, 0.25) is 0 Å². The second-order valence-corrected chi connectivity index (χ2v) is 5.38. The van der Waals surface area contributed by atoms with Crippen molar-refractivity contribution in [3.05, 3.63) is 35.5 Å². The Bertz CT molecular complexity index is 367. The average molecular weight is 282 g/mol. The summed E-state index contributed by atoms with van der Waals surface area (Å²) in [5.74, 6) is 0. The summed E-state index contributed by atoms with van der Waals surface area (Å²) in [4.78, 5) is 0. The summed E-state index contributed by atoms with van der Waals surface area (Å²) >= 11 is 0. The molecule has 20 heavy (non-hydrogen) atoms. The lowest BCUT2D eigenvalue weighted by atomic mass is 10.1. The smallest absolute Gasteiger partial charge is 0.160 e. The van der Waals surface area contributed by atoms with Gasteiger partial charge >= 0.3 is 0 Å². The Hall–Kier alpha value is -0.940. The average Bonchev–Trinajstić information content (AvgIpc) is 2.37. The number of aliphatic hydroxyl groups excluding tert-OH is 2. The topological polar surface area (TPSA) is 58.9 Å². The van der Waals surface area contributed by atoms with Crippen LogP contribution in [0.3, 0.4) is 0 Å². The Balaban J connectivity index is 2.35. The van der Waals surface area contributed by atoms with Gasteiger partial charge in [-0.15, -0.1) is 0 Å². The maximum absolute atomic E-state index is 9.65. The standard InChI is InChI=1S/C16H26O4/c1-12(2)5-4-6-13(3)7-8-19-16-10-14(18)9-15(11-17)20-16/h4-7,14-18H,8-11H2,1-3H3/b6-4+,13-7+. The van der Waals surface area contributed by atoms with Crippen molar-refractivity contribution in [3.63, 3.8) is 0 Å². The molecule has 4 heteroatoms. The molecule has 0 saturated carbocycles. The van der Waals surface area contributed by atoms with Gasteiger partial charge in [-0.05, 0) is 20.8 Å². The van der Waals surface area contributed by atoms with Crippen LogP contribution in [0, 0.1) is 0 Å². The first-order valence-corrected chi connectivity index (χ1v) is 7.05. The van der Waals surface area contributed by atoms with Crippen LogP contribution < -0.4 is 0 Å². The zero-order valence-electron chi connectivity index (χ0n) is 12.6. The van der Waals surface area contributed by atoms with Crippen molar-refractivity contribution >= 4 is 0 Å². The SMILES string of the molecule is CC(C)=C/C=C/C(C)=C/COC1CC(O)CC(CO)O1. The van der Waals surface area contributed by atoms with Crippen molar-refractivity contribution in [1.82, 2.24) is 0 Å². The highest BCUT2D eigenvalue weighted by atomic mass is 16.7. The lowest BCUT2D eigenvalue weighted by Crippen LogP contribution is -2.38. The van der Waals surface area contributed by atoms with Crippen LogP contribution in [0.5, 0.6) is 0 Å². The normalized spacial score (nSPS) is 27.9. The van der Waals surface area contributed by atoms with Crippen LogP contribution in [0.4, 0.5) is 0 Å². The Morgan fingerprint density at radius 1 is 1.30 bits per heavy atom. The lowest BCUT2D eigenvalue weighted by molar-refractivity contribution is -0.217. The Morgan fingerprint density at radius 3 is 2.70 bits per heavy atom. The highest BCUT2D eigenvalue weighted by Crippen LogP contribution is 2.20. The Kier molecular flexibility index (Phi) is 7.77. The van der Waals surface area contributed by atoms with Crippen molar-refractivity contribution < 1.29 is 19.7 Å². The fourth-order valence-electron chi connectivity index (χ4n) is 1.92. The first-order chi connectivity index (χ1) is 9.51. The molecule has 114 valence electrons. The maximum atomic E-state index is 9.65. The molecule has 1 saturated heterocycles. The van der Waals surface area contributed by atoms with Crippen molar-refractivity contribution in [2.75, 3.05) is 13.2 Å². The quantitative estimate of drug-likeness (QED) is 0.734. The molecule has 0 radical (unpaired) electrons. The highest BCUT2D eigenvalue weighted by Gasteiger charge is 2.28. The molecule has 1 aliphatic heterocycles. The molecule has 1 aliphatic rings. The molecule has 0 amide bonds. The minimum atomic E-state index is -0.464. The van der Waals surface area contributed by atoms with E-state index in [0.717, 1.165) is 5.57 Å². The zero-order chi connectivity index (χ0) is 15.0. The molecule has 3 atom stereocenters. The van der Waals surface area contributed by atoms with Gasteiger partial charge in [0, 0.05) is 12.8 Å². The van der Waals surface area contributed by atoms with Crippen LogP contribution in [-0.4, -0.2) is 41.9 Å². The van der Waals surface area contributed by atoms with Gasteiger partial charge in [0.05, 0.1) is 25.4 Å². The molecule has 0 aromatic heterocycles. The molecule has 0 spiro atoms. The number of hydrogen-bond donors (Lipinski definition) is 2. The minimum Gasteiger partial charge on any atom is -0.394 e. The van der Waals surface area contributed by atoms with Crippen LogP contribution in [0.1, 0.15) is 33.6 Å². The van der Waals surface area contributed by atoms with Gasteiger partial charge in [0.2, 0.25) is 0 Å². The fraction of sp³-hybridized carbons (Fsp3) is 0.625. The number of ether oxygens (including phenoxy) is 2. The Morgan fingerprint density at radius 2 is 2.05 bits per heavy atom. The second-order valence-electron chi connectivity index (χ2n) is 5.38. The third kappa shape index (κ3) is 7.01. The van der Waals surface area contributed by atoms with Crippen LogP contribution in [0.15, 0.2) is 35.5 Å². The first-order valence-electron chi connectivity index (χ1n) is 7.05. The molecule has 0 bridgehead atoms. The molecule has 4 nitrogen and oxygen atoms in total. The third-order valence-electron chi connectivity index (χ3n) is 3.02. The number of rotatable bonds is 6. The van der Waals surface area contributed by atoms with E-state index in [0.29, 0.717) is 19.4 Å². The minimum absolute atomic E-state index is 0.0861. The summed E-state index contributed by atoms with van der Waals surface area (Å²) in [6, 6.07) is 0. The largest absolute Gasteiger partial charge is 0.394 e. The van der Waals surface area contributed by atoms with E-state index in [1.807, 2.05) is 31.2 Å². The van der Waals surface area contributed by atoms with Gasteiger partial charge < -0.3 is 19.7 Å². The molecule has 1 rings (SSSR count). The van der Waals surface area contributed by atoms with E-state index in [2.05, 4.69) is 13.8 Å². The van der Waals surface area contributed by atoms with Gasteiger partial charge in [-0.25, -0.2) is 0 Å². The summed E-state index contributed by atoms with van der Waals surface area (Å²) < 4.78 is 11.1. The van der Waals surface area contributed by atoms with Gasteiger partial charge in [0.25, 0.3) is 0 Å². The summed E-state index contributed by atoms with van der Waals surface area (Å²) in [6.07, 6.45) is 7.72. The monoisotopic (exact) mass is 282 g/mol. The molecule has 1 heterocycles. The second kappa shape index (κ2) is 9.08. The van der Waals surface area contributed by atoms with E-state index in [9.17, 15) is 5.11 Å². The van der Waals surface area contributed by atoms with E-state index in [1.165, 1.54) is 5.57 Å². The fourth-order valence-corrected chi connectivity index (χ4v) is 1.92. The van der Waals surface area contributed by atoms with Gasteiger partial charge in [-0.1, -0.05) is 35.5 Å². The molecule has 0 aliphatic carbocycles. The molecule has 2 N–H and O–H groups in total. The third-order valence-corrected chi connectivity index (χ3v) is 3.02. The molecule has 0 aromatic rings. The van der Waals surface area contributed by atoms with Crippen molar-refractivity contribution in [2.24, 2.45) is 0 Å². The van der Waals surface area contributed by atoms with Crippen LogP contribution in [0.25, 0.3) is 0 Å². The van der Waals surface area contributed by atoms with Gasteiger partial charge in [0.1, 0.15) is 0 Å². The van der Waals surface area contributed by atoms with Crippen molar-refractivity contribution in [3.8, 4) is 0 Å². The molecule has 0 aromatic carbocycles. The summed E-state index contributed by atoms with van der Waals surface area (Å²) in [7, 11) is 0. The molecular weight excluding hydrogens is 256 g/mol. The summed E-state index contributed by atoms with van der Waals surface area (Å²) in [5.41, 5.74) is 2.36. The molecular formula is C16H26O4. The van der Waals surface area contributed by atoms with E-state index >= 15 is 0 Å². The zero-order valence-corrected chi connectivity index (χ0v) is 12.6. The predicted octanol–water partition coefficient (Wildman–Crippen LogP) is 2.33.